The number of nitrogens with one attached hydrogen (secondary N) is 1. The van der Waals surface area contributed by atoms with Crippen LogP contribution in [-0.4, -0.2) is 18.7 Å². The summed E-state index contributed by atoms with van der Waals surface area (Å²) in [6.45, 7) is 0.721. The van der Waals surface area contributed by atoms with Crippen LogP contribution in [0.25, 0.3) is 11.3 Å². The van der Waals surface area contributed by atoms with E-state index in [1.807, 2.05) is 18.2 Å². The first kappa shape index (κ1) is 13.5. The molecule has 0 fully saturated rings. The van der Waals surface area contributed by atoms with Crippen LogP contribution in [0.3, 0.4) is 0 Å². The van der Waals surface area contributed by atoms with Crippen molar-refractivity contribution in [3.8, 4) is 17.3 Å². The van der Waals surface area contributed by atoms with Crippen molar-refractivity contribution in [2.75, 3.05) is 13.7 Å². The lowest BCUT2D eigenvalue weighted by molar-refractivity contribution is 0.202. The lowest BCUT2D eigenvalue weighted by atomic mass is 10.1. The minimum Gasteiger partial charge on any atom is -0.384 e. The van der Waals surface area contributed by atoms with Gasteiger partial charge in [-0.2, -0.15) is 5.26 Å². The third-order valence-electron chi connectivity index (χ3n) is 2.89. The number of hydrogen-bond acceptors (Lipinski definition) is 3. The molecule has 1 heterocycles. The predicted molar refractivity (Wildman–Crippen MR) is 77.4 cm³/mol. The van der Waals surface area contributed by atoms with Crippen LogP contribution in [0, 0.1) is 16.0 Å². The number of ether oxygens (including phenoxy) is 1. The summed E-state index contributed by atoms with van der Waals surface area (Å²) < 4.78 is 5.53. The van der Waals surface area contributed by atoms with E-state index in [1.54, 1.807) is 13.2 Å². The second kappa shape index (κ2) is 6.28. The normalized spacial score (nSPS) is 10.1. The first-order valence-corrected chi connectivity index (χ1v) is 6.37. The number of hydrogen-bond donors (Lipinski definition) is 1. The lowest BCUT2D eigenvalue weighted by Gasteiger charge is -2.05. The highest BCUT2D eigenvalue weighted by Crippen LogP contribution is 2.18. The first-order valence-electron chi connectivity index (χ1n) is 5.96. The predicted octanol–water partition coefficient (Wildman–Crippen LogP) is 3.47. The number of nitrogens with zero attached hydrogens (tertiary/aromatic N) is 1. The third-order valence-corrected chi connectivity index (χ3v) is 3.21. The van der Waals surface area contributed by atoms with E-state index < -0.39 is 0 Å². The summed E-state index contributed by atoms with van der Waals surface area (Å²) in [6, 6.07) is 13.9. The fraction of sp³-hybridized carbons (Fsp3) is 0.200. The maximum atomic E-state index is 8.85. The van der Waals surface area contributed by atoms with Gasteiger partial charge in [-0.25, -0.2) is 0 Å². The van der Waals surface area contributed by atoms with Crippen LogP contribution in [0.5, 0.6) is 0 Å². The highest BCUT2D eigenvalue weighted by Gasteiger charge is 2.01. The van der Waals surface area contributed by atoms with Gasteiger partial charge in [0.05, 0.1) is 12.2 Å². The van der Waals surface area contributed by atoms with Crippen LogP contribution in [0.15, 0.2) is 36.4 Å². The fourth-order valence-electron chi connectivity index (χ4n) is 1.80. The molecule has 0 bridgehead atoms. The Kier molecular flexibility index (Phi) is 4.45. The van der Waals surface area contributed by atoms with Crippen molar-refractivity contribution >= 4 is 12.2 Å². The second-order valence-electron chi connectivity index (χ2n) is 4.17. The number of aromatic amines is 1. The molecular formula is C15H14N2OS. The Morgan fingerprint density at radius 3 is 2.53 bits per heavy atom. The summed E-state index contributed by atoms with van der Waals surface area (Å²) in [5.74, 6) is 0. The molecule has 1 aromatic carbocycles. The Labute approximate surface area is 117 Å². The van der Waals surface area contributed by atoms with Gasteiger partial charge in [-0.05, 0) is 29.7 Å². The Balaban J connectivity index is 2.25. The molecule has 0 unspecified atom stereocenters. The number of benzene rings is 1. The Morgan fingerprint density at radius 1 is 1.21 bits per heavy atom. The molecule has 0 radical (unpaired) electrons. The van der Waals surface area contributed by atoms with Crippen LogP contribution in [0.1, 0.15) is 11.1 Å². The smallest absolute Gasteiger partial charge is 0.121 e. The number of H-pyrrole nitrogens is 1. The van der Waals surface area contributed by atoms with Crippen molar-refractivity contribution in [2.24, 2.45) is 0 Å². The zero-order valence-corrected chi connectivity index (χ0v) is 11.5. The molecule has 0 atom stereocenters. The number of aromatic nitrogens is 1. The minimum atomic E-state index is 0.475. The Hall–Kier alpha value is -1.96. The van der Waals surface area contributed by atoms with Crippen molar-refractivity contribution in [2.45, 2.75) is 6.42 Å². The van der Waals surface area contributed by atoms with Crippen molar-refractivity contribution in [3.05, 3.63) is 52.2 Å². The summed E-state index contributed by atoms with van der Waals surface area (Å²) in [5.41, 5.74) is 3.70. The van der Waals surface area contributed by atoms with Crippen LogP contribution >= 0.6 is 12.2 Å². The molecule has 0 aliphatic rings. The zero-order valence-electron chi connectivity index (χ0n) is 10.6. The Morgan fingerprint density at radius 2 is 1.95 bits per heavy atom. The highest BCUT2D eigenvalue weighted by molar-refractivity contribution is 7.71. The van der Waals surface area contributed by atoms with E-state index in [1.165, 1.54) is 5.56 Å². The molecule has 0 aliphatic carbocycles. The molecule has 0 saturated heterocycles. The van der Waals surface area contributed by atoms with Gasteiger partial charge in [-0.1, -0.05) is 36.5 Å². The first-order chi connectivity index (χ1) is 9.24. The molecule has 0 saturated carbocycles. The van der Waals surface area contributed by atoms with Gasteiger partial charge < -0.3 is 9.72 Å². The standard InChI is InChI=1S/C15H14N2OS/c1-18-9-8-11-2-4-12(5-3-11)14-7-6-13(10-16)15(19)17-14/h2-7H,8-9H2,1H3,(H,17,19). The molecule has 4 heteroatoms. The van der Waals surface area contributed by atoms with E-state index in [0.717, 1.165) is 24.3 Å². The van der Waals surface area contributed by atoms with Gasteiger partial charge in [0.25, 0.3) is 0 Å². The van der Waals surface area contributed by atoms with E-state index >= 15 is 0 Å². The van der Waals surface area contributed by atoms with Gasteiger partial charge in [-0.3, -0.25) is 0 Å². The summed E-state index contributed by atoms with van der Waals surface area (Å²) >= 11 is 5.13. The summed E-state index contributed by atoms with van der Waals surface area (Å²) in [5, 5.41) is 8.85. The van der Waals surface area contributed by atoms with Crippen molar-refractivity contribution < 1.29 is 4.74 Å². The highest BCUT2D eigenvalue weighted by atomic mass is 32.1. The molecule has 0 aliphatic heterocycles. The molecule has 0 spiro atoms. The van der Waals surface area contributed by atoms with E-state index in [9.17, 15) is 0 Å². The lowest BCUT2D eigenvalue weighted by Crippen LogP contribution is -1.94. The monoisotopic (exact) mass is 270 g/mol. The molecule has 1 N–H and O–H groups in total. The molecule has 96 valence electrons. The summed E-state index contributed by atoms with van der Waals surface area (Å²) in [7, 11) is 1.70. The molecule has 2 aromatic rings. The summed E-state index contributed by atoms with van der Waals surface area (Å²) in [6.07, 6.45) is 0.903. The number of rotatable bonds is 4. The van der Waals surface area contributed by atoms with Gasteiger partial charge in [0, 0.05) is 12.8 Å². The van der Waals surface area contributed by atoms with Gasteiger partial charge >= 0.3 is 0 Å². The van der Waals surface area contributed by atoms with Crippen molar-refractivity contribution in [1.29, 1.82) is 5.26 Å². The van der Waals surface area contributed by atoms with Crippen LogP contribution < -0.4 is 0 Å². The van der Waals surface area contributed by atoms with Gasteiger partial charge in [-0.15, -0.1) is 0 Å². The van der Waals surface area contributed by atoms with E-state index in [4.69, 9.17) is 22.2 Å². The Bertz CT molecular complexity index is 653. The molecule has 19 heavy (non-hydrogen) atoms. The minimum absolute atomic E-state index is 0.475. The average molecular weight is 270 g/mol. The van der Waals surface area contributed by atoms with Crippen molar-refractivity contribution in [1.82, 2.24) is 4.98 Å². The van der Waals surface area contributed by atoms with Gasteiger partial charge in [0.1, 0.15) is 10.7 Å². The van der Waals surface area contributed by atoms with Gasteiger partial charge in [0.15, 0.2) is 0 Å². The third kappa shape index (κ3) is 3.28. The van der Waals surface area contributed by atoms with Crippen LogP contribution in [-0.2, 0) is 11.2 Å². The number of nitriles is 1. The molecule has 3 nitrogen and oxygen atoms in total. The quantitative estimate of drug-likeness (QED) is 0.865. The molecule has 0 amide bonds. The summed E-state index contributed by atoms with van der Waals surface area (Å²) in [4.78, 5) is 3.07. The number of pyridine rings is 1. The van der Waals surface area contributed by atoms with Crippen LogP contribution in [0.4, 0.5) is 0 Å². The average Bonchev–Trinajstić information content (AvgIpc) is 2.45. The topological polar surface area (TPSA) is 48.8 Å². The molecular weight excluding hydrogens is 256 g/mol. The van der Waals surface area contributed by atoms with E-state index in [2.05, 4.69) is 23.2 Å². The fourth-order valence-corrected chi connectivity index (χ4v) is 2.02. The molecule has 1 aromatic heterocycles. The maximum absolute atomic E-state index is 8.85. The van der Waals surface area contributed by atoms with E-state index in [0.29, 0.717) is 10.2 Å². The van der Waals surface area contributed by atoms with Crippen molar-refractivity contribution in [3.63, 3.8) is 0 Å². The van der Waals surface area contributed by atoms with E-state index in [-0.39, 0.29) is 0 Å². The zero-order chi connectivity index (χ0) is 13.7. The number of methoxy groups -OCH3 is 1. The molecule has 2 rings (SSSR count). The SMILES string of the molecule is COCCc1ccc(-c2ccc(C#N)c(=S)[nH]2)cc1. The van der Waals surface area contributed by atoms with Crippen LogP contribution in [0.2, 0.25) is 0 Å². The maximum Gasteiger partial charge on any atom is 0.121 e. The van der Waals surface area contributed by atoms with Gasteiger partial charge in [0.2, 0.25) is 0 Å². The second-order valence-corrected chi connectivity index (χ2v) is 4.57. The largest absolute Gasteiger partial charge is 0.384 e.